The van der Waals surface area contributed by atoms with E-state index in [0.717, 1.165) is 16.8 Å². The van der Waals surface area contributed by atoms with Gasteiger partial charge in [-0.05, 0) is 37.3 Å². The van der Waals surface area contributed by atoms with Crippen LogP contribution in [-0.4, -0.2) is 30.8 Å². The third kappa shape index (κ3) is 4.43. The van der Waals surface area contributed by atoms with Gasteiger partial charge in [-0.25, -0.2) is 8.42 Å². The maximum atomic E-state index is 12.4. The number of sulfonamides is 1. The number of aromatic amines is 1. The molecule has 3 aromatic rings. The summed E-state index contributed by atoms with van der Waals surface area (Å²) in [7, 11) is -3.51. The fraction of sp³-hybridized carbons (Fsp3) is 0.125. The minimum Gasteiger partial charge on any atom is -0.305 e. The number of H-pyrrole nitrogens is 1. The number of carbonyl (C=O) groups is 1. The second-order valence-corrected chi connectivity index (χ2v) is 9.04. The van der Waals surface area contributed by atoms with Crippen molar-refractivity contribution in [1.82, 2.24) is 10.2 Å². The summed E-state index contributed by atoms with van der Waals surface area (Å²) in [5.74, 6) is -0.0674. The molecule has 2 aromatic heterocycles. The van der Waals surface area contributed by atoms with Crippen molar-refractivity contribution < 1.29 is 13.2 Å². The fourth-order valence-corrected chi connectivity index (χ4v) is 3.85. The van der Waals surface area contributed by atoms with Gasteiger partial charge in [0, 0.05) is 16.5 Å². The number of halogens is 1. The van der Waals surface area contributed by atoms with Gasteiger partial charge in [0.1, 0.15) is 0 Å². The molecule has 0 bridgehead atoms. The first-order valence-electron chi connectivity index (χ1n) is 7.42. The summed E-state index contributed by atoms with van der Waals surface area (Å²) in [6, 6.07) is 10.0. The van der Waals surface area contributed by atoms with Gasteiger partial charge in [0.15, 0.2) is 5.82 Å². The van der Waals surface area contributed by atoms with E-state index < -0.39 is 15.9 Å². The number of nitrogens with one attached hydrogen (secondary N) is 3. The van der Waals surface area contributed by atoms with Crippen LogP contribution >= 0.6 is 22.9 Å². The Hall–Kier alpha value is -2.36. The lowest BCUT2D eigenvalue weighted by molar-refractivity contribution is 0.102. The molecule has 0 aliphatic heterocycles. The molecular formula is C16H15ClN4O3S2. The van der Waals surface area contributed by atoms with E-state index in [1.807, 2.05) is 19.1 Å². The molecule has 0 radical (unpaired) electrons. The highest BCUT2D eigenvalue weighted by Crippen LogP contribution is 2.28. The molecule has 2 heterocycles. The number of anilines is 2. The molecule has 26 heavy (non-hydrogen) atoms. The molecule has 0 saturated carbocycles. The van der Waals surface area contributed by atoms with E-state index in [0.29, 0.717) is 5.82 Å². The van der Waals surface area contributed by atoms with Gasteiger partial charge in [0.25, 0.3) is 5.91 Å². The zero-order valence-corrected chi connectivity index (χ0v) is 16.2. The van der Waals surface area contributed by atoms with Crippen LogP contribution in [0.25, 0.3) is 10.6 Å². The number of nitrogens with zero attached hydrogens (tertiary/aromatic N) is 1. The Morgan fingerprint density at radius 2 is 2.00 bits per heavy atom. The maximum Gasteiger partial charge on any atom is 0.256 e. The normalized spacial score (nSPS) is 11.3. The predicted molar refractivity (Wildman–Crippen MR) is 105 cm³/mol. The molecule has 3 N–H and O–H groups in total. The van der Waals surface area contributed by atoms with Crippen LogP contribution in [0.5, 0.6) is 0 Å². The van der Waals surface area contributed by atoms with Crippen LogP contribution < -0.4 is 10.0 Å². The Balaban J connectivity index is 1.78. The molecule has 0 spiro atoms. The number of amides is 1. The lowest BCUT2D eigenvalue weighted by Gasteiger charge is -2.08. The second-order valence-electron chi connectivity index (χ2n) is 5.60. The van der Waals surface area contributed by atoms with E-state index in [-0.39, 0.29) is 16.3 Å². The van der Waals surface area contributed by atoms with Crippen LogP contribution in [0.3, 0.4) is 0 Å². The minimum atomic E-state index is -3.51. The van der Waals surface area contributed by atoms with Crippen LogP contribution in [0.1, 0.15) is 15.2 Å². The summed E-state index contributed by atoms with van der Waals surface area (Å²) in [6.45, 7) is 2.01. The smallest absolute Gasteiger partial charge is 0.256 e. The first kappa shape index (κ1) is 18.4. The van der Waals surface area contributed by atoms with Crippen molar-refractivity contribution in [1.29, 1.82) is 0 Å². The molecule has 0 saturated heterocycles. The molecule has 0 aliphatic rings. The summed E-state index contributed by atoms with van der Waals surface area (Å²) in [6.07, 6.45) is 1.01. The number of benzene rings is 1. The van der Waals surface area contributed by atoms with Crippen LogP contribution in [0.4, 0.5) is 11.5 Å². The van der Waals surface area contributed by atoms with Crippen molar-refractivity contribution in [3.63, 3.8) is 0 Å². The third-order valence-electron chi connectivity index (χ3n) is 3.35. The second kappa shape index (κ2) is 7.10. The average molecular weight is 411 g/mol. The molecule has 3 rings (SSSR count). The number of thiophene rings is 1. The standard InChI is InChI=1S/C16H15ClN4O3S2/c1-9-3-6-14(25-9)13-8-15(20-19-13)18-16(22)10-4-5-11(17)12(7-10)21-26(2,23)24/h3-8,21H,1-2H3,(H2,18,19,20,22). The summed E-state index contributed by atoms with van der Waals surface area (Å²) in [5.41, 5.74) is 1.18. The first-order valence-corrected chi connectivity index (χ1v) is 10.5. The summed E-state index contributed by atoms with van der Waals surface area (Å²) in [4.78, 5) is 14.6. The van der Waals surface area contributed by atoms with Crippen LogP contribution in [0.2, 0.25) is 5.02 Å². The lowest BCUT2D eigenvalue weighted by atomic mass is 10.2. The van der Waals surface area contributed by atoms with Crippen LogP contribution in [-0.2, 0) is 10.0 Å². The molecule has 0 unspecified atom stereocenters. The zero-order chi connectivity index (χ0) is 18.9. The quantitative estimate of drug-likeness (QED) is 0.596. The number of aryl methyl sites for hydroxylation is 1. The Kier molecular flexibility index (Phi) is 5.03. The zero-order valence-electron chi connectivity index (χ0n) is 13.8. The summed E-state index contributed by atoms with van der Waals surface area (Å²) in [5, 5.41) is 9.82. The van der Waals surface area contributed by atoms with Gasteiger partial charge >= 0.3 is 0 Å². The molecule has 0 aliphatic carbocycles. The van der Waals surface area contributed by atoms with E-state index >= 15 is 0 Å². The predicted octanol–water partition coefficient (Wildman–Crippen LogP) is 3.72. The monoisotopic (exact) mass is 410 g/mol. The average Bonchev–Trinajstić information content (AvgIpc) is 3.17. The van der Waals surface area contributed by atoms with Gasteiger partial charge in [-0.1, -0.05) is 11.6 Å². The van der Waals surface area contributed by atoms with Crippen LogP contribution in [0.15, 0.2) is 36.4 Å². The van der Waals surface area contributed by atoms with Crippen molar-refractivity contribution >= 4 is 50.4 Å². The van der Waals surface area contributed by atoms with Gasteiger partial charge in [-0.2, -0.15) is 5.10 Å². The Morgan fingerprint density at radius 1 is 1.23 bits per heavy atom. The van der Waals surface area contributed by atoms with Crippen molar-refractivity contribution in [2.24, 2.45) is 0 Å². The van der Waals surface area contributed by atoms with E-state index in [1.165, 1.54) is 23.1 Å². The van der Waals surface area contributed by atoms with E-state index in [2.05, 4.69) is 20.2 Å². The molecule has 1 aromatic carbocycles. The van der Waals surface area contributed by atoms with Gasteiger partial charge in [0.05, 0.1) is 27.5 Å². The molecule has 10 heteroatoms. The summed E-state index contributed by atoms with van der Waals surface area (Å²) < 4.78 is 25.0. The Morgan fingerprint density at radius 3 is 2.65 bits per heavy atom. The molecule has 1 amide bonds. The first-order chi connectivity index (χ1) is 12.2. The topological polar surface area (TPSA) is 104 Å². The third-order valence-corrected chi connectivity index (χ3v) is 5.30. The highest BCUT2D eigenvalue weighted by atomic mass is 35.5. The van der Waals surface area contributed by atoms with E-state index in [9.17, 15) is 13.2 Å². The maximum absolute atomic E-state index is 12.4. The number of rotatable bonds is 5. The Bertz CT molecular complexity index is 1070. The van der Waals surface area contributed by atoms with Gasteiger partial charge in [-0.15, -0.1) is 11.3 Å². The van der Waals surface area contributed by atoms with Gasteiger partial charge in [-0.3, -0.25) is 14.6 Å². The fourth-order valence-electron chi connectivity index (χ4n) is 2.22. The molecule has 7 nitrogen and oxygen atoms in total. The largest absolute Gasteiger partial charge is 0.305 e. The number of hydrogen-bond donors (Lipinski definition) is 3. The van der Waals surface area contributed by atoms with Crippen molar-refractivity contribution in [3.05, 3.63) is 51.9 Å². The van der Waals surface area contributed by atoms with Gasteiger partial charge < -0.3 is 5.32 Å². The molecule has 0 fully saturated rings. The number of carbonyl (C=O) groups excluding carboxylic acids is 1. The number of aromatic nitrogens is 2. The summed E-state index contributed by atoms with van der Waals surface area (Å²) >= 11 is 7.58. The highest BCUT2D eigenvalue weighted by molar-refractivity contribution is 7.92. The molecular weight excluding hydrogens is 396 g/mol. The van der Waals surface area contributed by atoms with Crippen molar-refractivity contribution in [3.8, 4) is 10.6 Å². The SMILES string of the molecule is Cc1ccc(-c2cc(NC(=O)c3ccc(Cl)c(NS(C)(=O)=O)c3)n[nH]2)s1. The Labute approximate surface area is 159 Å². The van der Waals surface area contributed by atoms with Crippen molar-refractivity contribution in [2.75, 3.05) is 16.3 Å². The molecule has 136 valence electrons. The minimum absolute atomic E-state index is 0.138. The highest BCUT2D eigenvalue weighted by Gasteiger charge is 2.14. The van der Waals surface area contributed by atoms with Crippen LogP contribution in [0, 0.1) is 6.92 Å². The van der Waals surface area contributed by atoms with Crippen molar-refractivity contribution in [2.45, 2.75) is 6.92 Å². The van der Waals surface area contributed by atoms with Gasteiger partial charge in [0.2, 0.25) is 10.0 Å². The molecule has 0 atom stereocenters. The van der Waals surface area contributed by atoms with E-state index in [1.54, 1.807) is 17.4 Å². The van der Waals surface area contributed by atoms with E-state index in [4.69, 9.17) is 11.6 Å². The number of hydrogen-bond acceptors (Lipinski definition) is 5. The lowest BCUT2D eigenvalue weighted by Crippen LogP contribution is -2.14.